The van der Waals surface area contributed by atoms with E-state index in [4.69, 9.17) is 33.6 Å². The van der Waals surface area contributed by atoms with Crippen LogP contribution < -0.4 is 0 Å². The Balaban J connectivity index is -0.0000000933. The first-order valence-corrected chi connectivity index (χ1v) is 4.35. The summed E-state index contributed by atoms with van der Waals surface area (Å²) in [4.78, 5) is 0. The van der Waals surface area contributed by atoms with Gasteiger partial charge in [-0.05, 0) is 6.42 Å². The second-order valence-electron chi connectivity index (χ2n) is 1.40. The monoisotopic (exact) mass is 199 g/mol. The number of alkyl halides is 2. The van der Waals surface area contributed by atoms with E-state index in [9.17, 15) is 0 Å². The lowest BCUT2D eigenvalue weighted by Crippen LogP contribution is -1.75. The van der Waals surface area contributed by atoms with E-state index < -0.39 is 0 Å². The number of hydrogen-bond acceptors (Lipinski definition) is 2. The minimum absolute atomic E-state index is 0.194. The summed E-state index contributed by atoms with van der Waals surface area (Å²) < 4.78 is 0. The van der Waals surface area contributed by atoms with Gasteiger partial charge in [-0.3, -0.25) is 0 Å². The molecule has 4 heteroatoms. The molecular formula is C7H15Cl2NO. The van der Waals surface area contributed by atoms with Crippen LogP contribution >= 0.6 is 23.2 Å². The first-order valence-electron chi connectivity index (χ1n) is 3.28. The molecule has 0 aliphatic carbocycles. The number of hydrogen-bond donors (Lipinski definition) is 1. The van der Waals surface area contributed by atoms with Crippen molar-refractivity contribution in [1.29, 1.82) is 5.26 Å². The van der Waals surface area contributed by atoms with Crippen LogP contribution in [-0.4, -0.2) is 17.1 Å². The summed E-state index contributed by atoms with van der Waals surface area (Å²) in [5.74, 6) is 0. The Bertz CT molecular complexity index is 71.3. The molecule has 0 aromatic carbocycles. The molecule has 11 heavy (non-hydrogen) atoms. The summed E-state index contributed by atoms with van der Waals surface area (Å²) in [5.41, 5.74) is 0. The lowest BCUT2D eigenvalue weighted by molar-refractivity contribution is 0.287. The van der Waals surface area contributed by atoms with Gasteiger partial charge in [-0.1, -0.05) is 13.3 Å². The highest BCUT2D eigenvalue weighted by Gasteiger charge is 1.69. The zero-order valence-corrected chi connectivity index (χ0v) is 8.49. The molecule has 0 aliphatic heterocycles. The van der Waals surface area contributed by atoms with Crippen molar-refractivity contribution in [1.82, 2.24) is 0 Å². The molecule has 0 saturated heterocycles. The highest BCUT2D eigenvalue weighted by molar-refractivity contribution is 6.40. The average Bonchev–Trinajstić information content (AvgIpc) is 1.92. The van der Waals surface area contributed by atoms with Gasteiger partial charge in [0.05, 0.1) is 11.4 Å². The number of aliphatic hydroxyl groups is 1. The summed E-state index contributed by atoms with van der Waals surface area (Å²) in [7, 11) is 0. The summed E-state index contributed by atoms with van der Waals surface area (Å²) >= 11 is 9.53. The summed E-state index contributed by atoms with van der Waals surface area (Å²) in [6, 6.07) is 1.75. The van der Waals surface area contributed by atoms with Crippen LogP contribution in [0.4, 0.5) is 0 Å². The maximum Gasteiger partial charge on any atom is 0.0967 e. The maximum absolute atomic E-state index is 8.07. The van der Waals surface area contributed by atoms with E-state index in [-0.39, 0.29) is 5.34 Å². The molecular weight excluding hydrogens is 185 g/mol. The minimum Gasteiger partial charge on any atom is -0.396 e. The van der Waals surface area contributed by atoms with Gasteiger partial charge in [0.25, 0.3) is 0 Å². The van der Waals surface area contributed by atoms with Crippen molar-refractivity contribution in [2.45, 2.75) is 26.7 Å². The molecule has 1 N–H and O–H groups in total. The number of halogens is 2. The molecule has 0 atom stereocenters. The Kier molecular flexibility index (Phi) is 50.6. The molecule has 0 aromatic rings. The Morgan fingerprint density at radius 3 is 1.73 bits per heavy atom. The SMILES string of the molecule is CC#N.CCCCO.ClCCl. The molecule has 0 aliphatic rings. The van der Waals surface area contributed by atoms with E-state index in [1.807, 2.05) is 0 Å². The molecule has 0 bridgehead atoms. The Morgan fingerprint density at radius 1 is 1.45 bits per heavy atom. The van der Waals surface area contributed by atoms with Gasteiger partial charge < -0.3 is 5.11 Å². The lowest BCUT2D eigenvalue weighted by Gasteiger charge is -1.79. The fourth-order valence-corrected chi connectivity index (χ4v) is 0.158. The third kappa shape index (κ3) is 157. The van der Waals surface area contributed by atoms with Gasteiger partial charge >= 0.3 is 0 Å². The second-order valence-corrected chi connectivity index (χ2v) is 2.21. The highest BCUT2D eigenvalue weighted by atomic mass is 35.5. The first kappa shape index (κ1) is 17.2. The molecule has 0 radical (unpaired) electrons. The zero-order valence-electron chi connectivity index (χ0n) is 6.98. The smallest absolute Gasteiger partial charge is 0.0967 e. The topological polar surface area (TPSA) is 44.0 Å². The van der Waals surface area contributed by atoms with Gasteiger partial charge in [0, 0.05) is 13.5 Å². The second kappa shape index (κ2) is 32.3. The van der Waals surface area contributed by atoms with E-state index in [1.165, 1.54) is 6.92 Å². The van der Waals surface area contributed by atoms with Crippen LogP contribution in [0.15, 0.2) is 0 Å². The number of nitrogens with zero attached hydrogens (tertiary/aromatic N) is 1. The fourth-order valence-electron chi connectivity index (χ4n) is 0.158. The van der Waals surface area contributed by atoms with E-state index in [1.54, 1.807) is 6.07 Å². The highest BCUT2D eigenvalue weighted by Crippen LogP contribution is 1.78. The van der Waals surface area contributed by atoms with E-state index in [0.717, 1.165) is 12.8 Å². The number of unbranched alkanes of at least 4 members (excludes halogenated alkanes) is 1. The molecule has 0 spiro atoms. The zero-order chi connectivity index (χ0) is 9.54. The molecule has 0 fully saturated rings. The Hall–Kier alpha value is 0.0300. The van der Waals surface area contributed by atoms with Crippen molar-refractivity contribution in [3.8, 4) is 6.07 Å². The van der Waals surface area contributed by atoms with E-state index in [0.29, 0.717) is 6.61 Å². The molecule has 0 heterocycles. The predicted molar refractivity (Wildman–Crippen MR) is 49.9 cm³/mol. The van der Waals surface area contributed by atoms with Gasteiger partial charge in [0.15, 0.2) is 0 Å². The molecule has 0 saturated carbocycles. The van der Waals surface area contributed by atoms with Crippen LogP contribution in [0, 0.1) is 11.3 Å². The van der Waals surface area contributed by atoms with Gasteiger partial charge in [-0.15, -0.1) is 23.2 Å². The predicted octanol–water partition coefficient (Wildman–Crippen LogP) is 2.73. The Morgan fingerprint density at radius 2 is 1.73 bits per heavy atom. The van der Waals surface area contributed by atoms with Crippen molar-refractivity contribution in [2.75, 3.05) is 11.9 Å². The summed E-state index contributed by atoms with van der Waals surface area (Å²) in [5, 5.41) is 15.6. The van der Waals surface area contributed by atoms with Crippen molar-refractivity contribution in [3.63, 3.8) is 0 Å². The van der Waals surface area contributed by atoms with Crippen LogP contribution in [0.2, 0.25) is 0 Å². The van der Waals surface area contributed by atoms with Crippen LogP contribution in [0.1, 0.15) is 26.7 Å². The van der Waals surface area contributed by atoms with Gasteiger partial charge in [0.1, 0.15) is 0 Å². The molecule has 68 valence electrons. The molecule has 0 rings (SSSR count). The largest absolute Gasteiger partial charge is 0.396 e. The van der Waals surface area contributed by atoms with Crippen molar-refractivity contribution in [2.24, 2.45) is 0 Å². The molecule has 0 amide bonds. The van der Waals surface area contributed by atoms with Crippen molar-refractivity contribution < 1.29 is 5.11 Å². The first-order chi connectivity index (χ1) is 5.24. The van der Waals surface area contributed by atoms with E-state index >= 15 is 0 Å². The average molecular weight is 200 g/mol. The van der Waals surface area contributed by atoms with Crippen LogP contribution in [0.25, 0.3) is 0 Å². The standard InChI is InChI=1S/C4H10O.C2H3N.CH2Cl2/c1-2-3-4-5;1-2-3;2-1-3/h5H,2-4H2,1H3;1H3;1H2. The summed E-state index contributed by atoms with van der Waals surface area (Å²) in [6.45, 7) is 3.83. The van der Waals surface area contributed by atoms with Crippen LogP contribution in [-0.2, 0) is 0 Å². The van der Waals surface area contributed by atoms with Gasteiger partial charge in [0.2, 0.25) is 0 Å². The third-order valence-corrected chi connectivity index (χ3v) is 0.512. The van der Waals surface area contributed by atoms with Gasteiger partial charge in [-0.25, -0.2) is 0 Å². The quantitative estimate of drug-likeness (QED) is 0.696. The normalized spacial score (nSPS) is 6.18. The van der Waals surface area contributed by atoms with Gasteiger partial charge in [-0.2, -0.15) is 5.26 Å². The number of rotatable bonds is 2. The van der Waals surface area contributed by atoms with Crippen LogP contribution in [0.3, 0.4) is 0 Å². The van der Waals surface area contributed by atoms with Crippen molar-refractivity contribution >= 4 is 23.2 Å². The maximum atomic E-state index is 8.07. The third-order valence-electron chi connectivity index (χ3n) is 0.512. The minimum atomic E-state index is 0.194. The van der Waals surface area contributed by atoms with Crippen LogP contribution in [0.5, 0.6) is 0 Å². The molecule has 0 unspecified atom stereocenters. The lowest BCUT2D eigenvalue weighted by atomic mass is 10.4. The van der Waals surface area contributed by atoms with E-state index in [2.05, 4.69) is 6.92 Å². The fraction of sp³-hybridized carbons (Fsp3) is 0.857. The molecule has 2 nitrogen and oxygen atoms in total. The number of nitriles is 1. The molecule has 0 aromatic heterocycles. The van der Waals surface area contributed by atoms with Crippen molar-refractivity contribution in [3.05, 3.63) is 0 Å². The summed E-state index contributed by atoms with van der Waals surface area (Å²) in [6.07, 6.45) is 2.04. The number of aliphatic hydroxyl groups excluding tert-OH is 1. The Labute approximate surface area is 78.7 Å².